The number of aliphatic hydroxyl groups is 2. The van der Waals surface area contributed by atoms with E-state index in [1.54, 1.807) is 14.1 Å². The summed E-state index contributed by atoms with van der Waals surface area (Å²) in [5.41, 5.74) is -0.837. The molecule has 1 aromatic rings. The molecule has 17 nitrogen and oxygen atoms in total. The first kappa shape index (κ1) is 26.2. The summed E-state index contributed by atoms with van der Waals surface area (Å²) in [6.07, 6.45) is -5.18. The number of hydrogen-bond donors (Lipinski definition) is 6. The maximum Gasteiger partial charge on any atom is 0.490 e. The van der Waals surface area contributed by atoms with Gasteiger partial charge in [0.25, 0.3) is 0 Å². The normalized spacial score (nSPS) is 28.1. The van der Waals surface area contributed by atoms with Gasteiger partial charge in [-0.05, 0) is 6.07 Å². The zero-order valence-electron chi connectivity index (χ0n) is 15.8. The first-order valence-corrected chi connectivity index (χ1v) is 12.6. The zero-order chi connectivity index (χ0) is 23.8. The Bertz CT molecular complexity index is 993. The predicted molar refractivity (Wildman–Crippen MR) is 98.6 cm³/mol. The number of phosphoric acid groups is 3. The number of anilines is 1. The van der Waals surface area contributed by atoms with E-state index in [2.05, 4.69) is 18.1 Å². The van der Waals surface area contributed by atoms with Crippen molar-refractivity contribution < 1.29 is 61.4 Å². The van der Waals surface area contributed by atoms with E-state index in [-0.39, 0.29) is 0 Å². The molecule has 178 valence electrons. The maximum absolute atomic E-state index is 12.2. The van der Waals surface area contributed by atoms with Crippen molar-refractivity contribution in [2.75, 3.05) is 25.6 Å². The van der Waals surface area contributed by atoms with E-state index in [9.17, 15) is 33.6 Å². The van der Waals surface area contributed by atoms with Crippen molar-refractivity contribution in [3.8, 4) is 0 Å². The van der Waals surface area contributed by atoms with Gasteiger partial charge in [0.2, 0.25) is 0 Å². The number of rotatable bonds is 9. The van der Waals surface area contributed by atoms with Gasteiger partial charge in [-0.1, -0.05) is 0 Å². The van der Waals surface area contributed by atoms with E-state index in [1.807, 2.05) is 0 Å². The molecule has 2 unspecified atom stereocenters. The number of ether oxygens (including phenoxy) is 1. The van der Waals surface area contributed by atoms with E-state index in [1.165, 1.54) is 17.2 Å². The predicted octanol–water partition coefficient (Wildman–Crippen LogP) is -1.73. The number of aromatic nitrogens is 2. The van der Waals surface area contributed by atoms with Gasteiger partial charge in [0.15, 0.2) is 6.23 Å². The average Bonchev–Trinajstić information content (AvgIpc) is 2.85. The number of phosphoric ester groups is 1. The summed E-state index contributed by atoms with van der Waals surface area (Å²) < 4.78 is 51.2. The van der Waals surface area contributed by atoms with Gasteiger partial charge in [0, 0.05) is 20.3 Å². The van der Waals surface area contributed by atoms with Crippen LogP contribution in [0.4, 0.5) is 5.82 Å². The van der Waals surface area contributed by atoms with Crippen LogP contribution in [0.2, 0.25) is 0 Å². The third kappa shape index (κ3) is 7.23. The quantitative estimate of drug-likeness (QED) is 0.202. The first-order chi connectivity index (χ1) is 14.0. The number of nitrogens with zero attached hydrogens (tertiary/aromatic N) is 3. The van der Waals surface area contributed by atoms with E-state index in [0.29, 0.717) is 5.82 Å². The van der Waals surface area contributed by atoms with Crippen LogP contribution in [-0.2, 0) is 31.6 Å². The molecule has 0 radical (unpaired) electrons. The highest BCUT2D eigenvalue weighted by Crippen LogP contribution is 2.66. The summed E-state index contributed by atoms with van der Waals surface area (Å²) >= 11 is 0. The topological polar surface area (TPSA) is 248 Å². The van der Waals surface area contributed by atoms with Crippen molar-refractivity contribution in [3.63, 3.8) is 0 Å². The lowest BCUT2D eigenvalue weighted by Gasteiger charge is -2.19. The fraction of sp³-hybridized carbons (Fsp3) is 0.636. The van der Waals surface area contributed by atoms with Gasteiger partial charge in [0.05, 0.1) is 6.61 Å². The van der Waals surface area contributed by atoms with Crippen LogP contribution >= 0.6 is 23.5 Å². The van der Waals surface area contributed by atoms with Crippen LogP contribution in [0.3, 0.4) is 0 Å². The van der Waals surface area contributed by atoms with Crippen LogP contribution in [0.5, 0.6) is 0 Å². The molecule has 1 aliphatic heterocycles. The molecule has 0 aromatic carbocycles. The second kappa shape index (κ2) is 9.45. The van der Waals surface area contributed by atoms with Crippen LogP contribution in [0.25, 0.3) is 0 Å². The maximum atomic E-state index is 12.2. The Labute approximate surface area is 173 Å². The van der Waals surface area contributed by atoms with Crippen molar-refractivity contribution >= 4 is 29.3 Å². The Balaban J connectivity index is 2.07. The highest BCUT2D eigenvalue weighted by Gasteiger charge is 2.46. The molecule has 2 heterocycles. The fourth-order valence-electron chi connectivity index (χ4n) is 2.41. The minimum Gasteiger partial charge on any atom is -0.387 e. The van der Waals surface area contributed by atoms with Gasteiger partial charge in [-0.25, -0.2) is 18.5 Å². The van der Waals surface area contributed by atoms with Gasteiger partial charge in [-0.2, -0.15) is 13.6 Å². The molecule has 6 atom stereocenters. The molecule has 2 rings (SSSR count). The Hall–Kier alpha value is -1.03. The minimum absolute atomic E-state index is 0.304. The van der Waals surface area contributed by atoms with E-state index >= 15 is 0 Å². The summed E-state index contributed by atoms with van der Waals surface area (Å²) in [7, 11) is -13.5. The monoisotopic (exact) mass is 511 g/mol. The van der Waals surface area contributed by atoms with Crippen LogP contribution < -0.4 is 10.6 Å². The van der Waals surface area contributed by atoms with Crippen molar-refractivity contribution in [1.82, 2.24) is 9.55 Å². The third-order valence-electron chi connectivity index (χ3n) is 3.70. The summed E-state index contributed by atoms with van der Waals surface area (Å²) in [5, 5.41) is 20.2. The Morgan fingerprint density at radius 1 is 1.10 bits per heavy atom. The van der Waals surface area contributed by atoms with Crippen LogP contribution in [-0.4, -0.2) is 78.4 Å². The molecule has 20 heteroatoms. The summed E-state index contributed by atoms with van der Waals surface area (Å²) in [5.74, 6) is 0.304. The van der Waals surface area contributed by atoms with E-state index < -0.39 is 60.3 Å². The van der Waals surface area contributed by atoms with E-state index in [4.69, 9.17) is 19.4 Å². The molecule has 31 heavy (non-hydrogen) atoms. The van der Waals surface area contributed by atoms with Gasteiger partial charge < -0.3 is 39.4 Å². The standard InChI is InChI=1S/C11H20N3O14P3/c1-13(2)7-3-4-14(11(17)12-7)10-9(16)8(15)6(26-10)5-25-30(21,22)28-31(23,24)27-29(18,19)20/h3-4,6,8-10,15-16H,5H2,1-2H3,(H,21,22)(H,23,24)(H2,18,19,20)/t6-,8-,9-,10-/m1/s1. The second-order valence-electron chi connectivity index (χ2n) is 6.30. The SMILES string of the molecule is CN(C)c1ccn([C@@H]2O[C@H](COP(=O)(O)OP(=O)(O)OP(=O)(O)O)[C@@H](O)[C@H]2O)c(=O)n1. The second-order valence-corrected chi connectivity index (χ2v) is 10.7. The van der Waals surface area contributed by atoms with Crippen LogP contribution in [0, 0.1) is 0 Å². The van der Waals surface area contributed by atoms with Crippen LogP contribution in [0.1, 0.15) is 6.23 Å². The van der Waals surface area contributed by atoms with E-state index in [0.717, 1.165) is 4.57 Å². The Morgan fingerprint density at radius 2 is 1.71 bits per heavy atom. The lowest BCUT2D eigenvalue weighted by Crippen LogP contribution is -2.36. The van der Waals surface area contributed by atoms with Crippen molar-refractivity contribution in [1.29, 1.82) is 0 Å². The van der Waals surface area contributed by atoms with Gasteiger partial charge in [-0.3, -0.25) is 9.09 Å². The first-order valence-electron chi connectivity index (χ1n) is 8.08. The Kier molecular flexibility index (Phi) is 7.99. The van der Waals surface area contributed by atoms with Crippen molar-refractivity contribution in [3.05, 3.63) is 22.7 Å². The third-order valence-corrected chi connectivity index (χ3v) is 7.51. The largest absolute Gasteiger partial charge is 0.490 e. The molecule has 1 aromatic heterocycles. The molecular formula is C11H20N3O14P3. The molecule has 0 spiro atoms. The van der Waals surface area contributed by atoms with Crippen molar-refractivity contribution in [2.24, 2.45) is 0 Å². The van der Waals surface area contributed by atoms with Gasteiger partial charge in [-0.15, -0.1) is 0 Å². The van der Waals surface area contributed by atoms with Crippen LogP contribution in [0.15, 0.2) is 17.1 Å². The highest BCUT2D eigenvalue weighted by atomic mass is 31.3. The lowest BCUT2D eigenvalue weighted by molar-refractivity contribution is -0.0541. The molecule has 0 saturated carbocycles. The van der Waals surface area contributed by atoms with Gasteiger partial charge >= 0.3 is 29.2 Å². The Morgan fingerprint density at radius 3 is 2.23 bits per heavy atom. The molecule has 0 bridgehead atoms. The molecular weight excluding hydrogens is 491 g/mol. The minimum atomic E-state index is -5.72. The average molecular weight is 511 g/mol. The smallest absolute Gasteiger partial charge is 0.387 e. The lowest BCUT2D eigenvalue weighted by atomic mass is 10.1. The van der Waals surface area contributed by atoms with Gasteiger partial charge in [0.1, 0.15) is 24.1 Å². The molecule has 6 N–H and O–H groups in total. The number of hydrogen-bond acceptors (Lipinski definition) is 12. The number of aliphatic hydroxyl groups excluding tert-OH is 2. The molecule has 0 amide bonds. The molecule has 1 saturated heterocycles. The zero-order valence-corrected chi connectivity index (χ0v) is 18.5. The summed E-state index contributed by atoms with van der Waals surface area (Å²) in [6.45, 7) is -1.00. The molecule has 1 fully saturated rings. The summed E-state index contributed by atoms with van der Waals surface area (Å²) in [4.78, 5) is 52.9. The summed E-state index contributed by atoms with van der Waals surface area (Å²) in [6, 6.07) is 1.42. The highest BCUT2D eigenvalue weighted by molar-refractivity contribution is 7.66. The molecule has 1 aliphatic rings. The van der Waals surface area contributed by atoms with Crippen molar-refractivity contribution in [2.45, 2.75) is 24.5 Å². The fourth-order valence-corrected chi connectivity index (χ4v) is 5.44. The molecule has 0 aliphatic carbocycles.